The summed E-state index contributed by atoms with van der Waals surface area (Å²) in [6.07, 6.45) is 0.388. The van der Waals surface area contributed by atoms with Crippen LogP contribution in [0.2, 0.25) is 5.02 Å². The van der Waals surface area contributed by atoms with Crippen LogP contribution in [0.3, 0.4) is 0 Å². The Morgan fingerprint density at radius 1 is 1.53 bits per heavy atom. The number of halogens is 1. The Balaban J connectivity index is 2.26. The van der Waals surface area contributed by atoms with Crippen LogP contribution in [0.1, 0.15) is 17.2 Å². The minimum Gasteiger partial charge on any atom is -0.481 e. The molecule has 0 amide bonds. The van der Waals surface area contributed by atoms with E-state index in [0.717, 1.165) is 5.69 Å². The SMILES string of the molecule is O=C(O)C(Cc1cscn1)c1cccc(Cl)c1. The molecule has 1 atom stereocenters. The lowest BCUT2D eigenvalue weighted by molar-refractivity contribution is -0.138. The molecule has 0 aliphatic heterocycles. The van der Waals surface area contributed by atoms with Crippen molar-refractivity contribution in [3.05, 3.63) is 51.4 Å². The van der Waals surface area contributed by atoms with Crippen LogP contribution < -0.4 is 0 Å². The zero-order valence-corrected chi connectivity index (χ0v) is 10.4. The Morgan fingerprint density at radius 2 is 2.35 bits per heavy atom. The zero-order valence-electron chi connectivity index (χ0n) is 8.84. The Bertz CT molecular complexity index is 513. The van der Waals surface area contributed by atoms with Gasteiger partial charge in [-0.3, -0.25) is 4.79 Å². The van der Waals surface area contributed by atoms with Crippen molar-refractivity contribution in [1.82, 2.24) is 4.98 Å². The van der Waals surface area contributed by atoms with Gasteiger partial charge in [-0.15, -0.1) is 11.3 Å². The number of carbonyl (C=O) groups is 1. The van der Waals surface area contributed by atoms with Gasteiger partial charge in [-0.05, 0) is 17.7 Å². The van der Waals surface area contributed by atoms with Crippen LogP contribution in [0.5, 0.6) is 0 Å². The summed E-state index contributed by atoms with van der Waals surface area (Å²) in [7, 11) is 0. The number of nitrogens with zero attached hydrogens (tertiary/aromatic N) is 1. The molecule has 1 N–H and O–H groups in total. The highest BCUT2D eigenvalue weighted by Gasteiger charge is 2.21. The molecule has 88 valence electrons. The van der Waals surface area contributed by atoms with Gasteiger partial charge in [0.15, 0.2) is 0 Å². The lowest BCUT2D eigenvalue weighted by Gasteiger charge is -2.11. The van der Waals surface area contributed by atoms with Gasteiger partial charge < -0.3 is 5.11 Å². The van der Waals surface area contributed by atoms with Gasteiger partial charge in [-0.25, -0.2) is 4.98 Å². The van der Waals surface area contributed by atoms with E-state index in [9.17, 15) is 9.90 Å². The van der Waals surface area contributed by atoms with E-state index in [1.165, 1.54) is 11.3 Å². The molecular formula is C12H10ClNO2S. The van der Waals surface area contributed by atoms with Crippen molar-refractivity contribution in [1.29, 1.82) is 0 Å². The maximum absolute atomic E-state index is 11.3. The normalized spacial score (nSPS) is 12.3. The molecule has 1 unspecified atom stereocenters. The molecule has 1 heterocycles. The fourth-order valence-electron chi connectivity index (χ4n) is 1.62. The molecular weight excluding hydrogens is 258 g/mol. The maximum atomic E-state index is 11.3. The van der Waals surface area contributed by atoms with E-state index in [1.54, 1.807) is 29.8 Å². The first-order valence-electron chi connectivity index (χ1n) is 5.02. The van der Waals surface area contributed by atoms with E-state index in [2.05, 4.69) is 4.98 Å². The van der Waals surface area contributed by atoms with Gasteiger partial charge in [0.25, 0.3) is 0 Å². The second kappa shape index (κ2) is 5.29. The zero-order chi connectivity index (χ0) is 12.3. The van der Waals surface area contributed by atoms with Gasteiger partial charge in [0, 0.05) is 16.8 Å². The first-order chi connectivity index (χ1) is 8.16. The average molecular weight is 268 g/mol. The van der Waals surface area contributed by atoms with Crippen molar-refractivity contribution in [3.8, 4) is 0 Å². The molecule has 2 aromatic rings. The number of hydrogen-bond acceptors (Lipinski definition) is 3. The van der Waals surface area contributed by atoms with Gasteiger partial charge in [-0.1, -0.05) is 23.7 Å². The molecule has 0 saturated heterocycles. The monoisotopic (exact) mass is 267 g/mol. The predicted octanol–water partition coefficient (Wildman–Crippen LogP) is 3.21. The average Bonchev–Trinajstić information content (AvgIpc) is 2.78. The molecule has 1 aromatic heterocycles. The lowest BCUT2D eigenvalue weighted by Crippen LogP contribution is -2.14. The first kappa shape index (κ1) is 12.1. The van der Waals surface area contributed by atoms with E-state index in [4.69, 9.17) is 11.6 Å². The summed E-state index contributed by atoms with van der Waals surface area (Å²) in [5.74, 6) is -1.46. The van der Waals surface area contributed by atoms with Crippen LogP contribution >= 0.6 is 22.9 Å². The first-order valence-corrected chi connectivity index (χ1v) is 6.34. The number of thiazole rings is 1. The molecule has 0 bridgehead atoms. The van der Waals surface area contributed by atoms with Crippen molar-refractivity contribution in [2.75, 3.05) is 0 Å². The van der Waals surface area contributed by atoms with Crippen molar-refractivity contribution in [3.63, 3.8) is 0 Å². The van der Waals surface area contributed by atoms with E-state index in [1.807, 2.05) is 5.38 Å². The third-order valence-corrected chi connectivity index (χ3v) is 3.32. The summed E-state index contributed by atoms with van der Waals surface area (Å²) < 4.78 is 0. The Hall–Kier alpha value is -1.39. The summed E-state index contributed by atoms with van der Waals surface area (Å²) in [4.78, 5) is 15.4. The van der Waals surface area contributed by atoms with E-state index in [-0.39, 0.29) is 0 Å². The molecule has 0 aliphatic carbocycles. The topological polar surface area (TPSA) is 50.2 Å². The van der Waals surface area contributed by atoms with E-state index >= 15 is 0 Å². The van der Waals surface area contributed by atoms with E-state index < -0.39 is 11.9 Å². The highest BCUT2D eigenvalue weighted by Crippen LogP contribution is 2.23. The van der Waals surface area contributed by atoms with Crippen LogP contribution in [-0.4, -0.2) is 16.1 Å². The minimum atomic E-state index is -0.861. The van der Waals surface area contributed by atoms with Crippen molar-refractivity contribution >= 4 is 28.9 Å². The number of aliphatic carboxylic acids is 1. The molecule has 0 spiro atoms. The van der Waals surface area contributed by atoms with Gasteiger partial charge >= 0.3 is 5.97 Å². The fourth-order valence-corrected chi connectivity index (χ4v) is 2.39. The Morgan fingerprint density at radius 3 is 2.94 bits per heavy atom. The standard InChI is InChI=1S/C12H10ClNO2S/c13-9-3-1-2-8(4-9)11(12(15)16)5-10-6-17-7-14-10/h1-4,6-7,11H,5H2,(H,15,16). The molecule has 1 aromatic carbocycles. The summed E-state index contributed by atoms with van der Waals surface area (Å²) in [6, 6.07) is 6.95. The molecule has 2 rings (SSSR count). The second-order valence-corrected chi connectivity index (χ2v) is 4.78. The van der Waals surface area contributed by atoms with E-state index in [0.29, 0.717) is 17.0 Å². The molecule has 17 heavy (non-hydrogen) atoms. The summed E-state index contributed by atoms with van der Waals surface area (Å²) in [5.41, 5.74) is 3.20. The van der Waals surface area contributed by atoms with Gasteiger partial charge in [0.2, 0.25) is 0 Å². The summed E-state index contributed by atoms with van der Waals surface area (Å²) in [5, 5.41) is 11.7. The largest absolute Gasteiger partial charge is 0.481 e. The molecule has 0 saturated carbocycles. The van der Waals surface area contributed by atoms with Crippen LogP contribution in [0.4, 0.5) is 0 Å². The number of carboxylic acids is 1. The molecule has 5 heteroatoms. The Labute approximate surface area is 108 Å². The van der Waals surface area contributed by atoms with Gasteiger partial charge in [0.05, 0.1) is 17.1 Å². The van der Waals surface area contributed by atoms with Crippen LogP contribution in [0.15, 0.2) is 35.2 Å². The maximum Gasteiger partial charge on any atom is 0.311 e. The summed E-state index contributed by atoms with van der Waals surface area (Å²) >= 11 is 7.33. The smallest absolute Gasteiger partial charge is 0.311 e. The Kier molecular flexibility index (Phi) is 3.76. The van der Waals surface area contributed by atoms with Crippen molar-refractivity contribution in [2.45, 2.75) is 12.3 Å². The fraction of sp³-hybridized carbons (Fsp3) is 0.167. The quantitative estimate of drug-likeness (QED) is 0.925. The van der Waals surface area contributed by atoms with Gasteiger partial charge in [-0.2, -0.15) is 0 Å². The number of carboxylic acid groups (broad SMARTS) is 1. The number of hydrogen-bond donors (Lipinski definition) is 1. The van der Waals surface area contributed by atoms with Gasteiger partial charge in [0.1, 0.15) is 0 Å². The second-order valence-electron chi connectivity index (χ2n) is 3.63. The third-order valence-electron chi connectivity index (χ3n) is 2.45. The lowest BCUT2D eigenvalue weighted by atomic mass is 9.95. The number of benzene rings is 1. The molecule has 0 radical (unpaired) electrons. The van der Waals surface area contributed by atoms with Crippen molar-refractivity contribution < 1.29 is 9.90 Å². The molecule has 0 aliphatic rings. The van der Waals surface area contributed by atoms with Crippen molar-refractivity contribution in [2.24, 2.45) is 0 Å². The van der Waals surface area contributed by atoms with Crippen LogP contribution in [0, 0.1) is 0 Å². The third kappa shape index (κ3) is 3.05. The van der Waals surface area contributed by atoms with Crippen LogP contribution in [-0.2, 0) is 11.2 Å². The minimum absolute atomic E-state index is 0.388. The molecule has 0 fully saturated rings. The highest BCUT2D eigenvalue weighted by atomic mass is 35.5. The molecule has 3 nitrogen and oxygen atoms in total. The summed E-state index contributed by atoms with van der Waals surface area (Å²) in [6.45, 7) is 0. The predicted molar refractivity (Wildman–Crippen MR) is 67.6 cm³/mol. The number of aromatic nitrogens is 1. The number of rotatable bonds is 4. The highest BCUT2D eigenvalue weighted by molar-refractivity contribution is 7.07. The van der Waals surface area contributed by atoms with Crippen LogP contribution in [0.25, 0.3) is 0 Å².